The molecule has 1 heterocycles. The summed E-state index contributed by atoms with van der Waals surface area (Å²) >= 11 is 0. The van der Waals surface area contributed by atoms with Gasteiger partial charge in [-0.15, -0.1) is 0 Å². The minimum absolute atomic E-state index is 0.168. The van der Waals surface area contributed by atoms with Gasteiger partial charge in [-0.05, 0) is 55.9 Å². The normalized spacial score (nSPS) is 17.0. The first-order chi connectivity index (χ1) is 18.8. The van der Waals surface area contributed by atoms with Crippen molar-refractivity contribution in [3.05, 3.63) is 59.4 Å². The third kappa shape index (κ3) is 7.73. The Morgan fingerprint density at radius 2 is 1.57 bits per heavy atom. The molecular formula is C26H27F6N5O3. The molecule has 216 valence electrons. The lowest BCUT2D eigenvalue weighted by molar-refractivity contribution is -0.192. The fourth-order valence-electron chi connectivity index (χ4n) is 4.22. The Balaban J connectivity index is 0.000000559. The van der Waals surface area contributed by atoms with Crippen molar-refractivity contribution >= 4 is 34.5 Å². The van der Waals surface area contributed by atoms with Crippen LogP contribution in [0.2, 0.25) is 0 Å². The molecule has 8 nitrogen and oxygen atoms in total. The average molecular weight is 572 g/mol. The second kappa shape index (κ2) is 12.8. The average Bonchev–Trinajstić information content (AvgIpc) is 2.90. The Hall–Kier alpha value is -4.10. The quantitative estimate of drug-likeness (QED) is 0.278. The number of para-hydroxylation sites is 1. The summed E-state index contributed by atoms with van der Waals surface area (Å²) in [6.45, 7) is 0.276. The van der Waals surface area contributed by atoms with Gasteiger partial charge in [-0.1, -0.05) is 12.1 Å². The number of anilines is 2. The largest absolute Gasteiger partial charge is 0.490 e. The highest BCUT2D eigenvalue weighted by molar-refractivity contribution is 5.94. The van der Waals surface area contributed by atoms with Crippen molar-refractivity contribution < 1.29 is 41.0 Å². The van der Waals surface area contributed by atoms with E-state index in [1.165, 1.54) is 0 Å². The number of nitrogens with zero attached hydrogens (tertiary/aromatic N) is 3. The van der Waals surface area contributed by atoms with E-state index in [-0.39, 0.29) is 18.5 Å². The minimum Gasteiger partial charge on any atom is -0.475 e. The fourth-order valence-corrected chi connectivity index (χ4v) is 4.22. The number of amides is 1. The number of hydrogen-bond acceptors (Lipinski definition) is 6. The second-order valence-corrected chi connectivity index (χ2v) is 9.38. The second-order valence-electron chi connectivity index (χ2n) is 9.38. The van der Waals surface area contributed by atoms with Crippen LogP contribution in [0, 0.1) is 23.4 Å². The van der Waals surface area contributed by atoms with Gasteiger partial charge >= 0.3 is 12.1 Å². The number of halogens is 6. The van der Waals surface area contributed by atoms with Crippen molar-refractivity contribution in [2.45, 2.75) is 37.9 Å². The van der Waals surface area contributed by atoms with Crippen LogP contribution in [0.15, 0.2) is 36.4 Å². The topological polar surface area (TPSA) is 107 Å². The van der Waals surface area contributed by atoms with E-state index in [1.54, 1.807) is 0 Å². The van der Waals surface area contributed by atoms with Gasteiger partial charge < -0.3 is 20.6 Å². The number of rotatable bonds is 6. The highest BCUT2D eigenvalue weighted by atomic mass is 19.4. The van der Waals surface area contributed by atoms with Gasteiger partial charge in [0.2, 0.25) is 5.95 Å². The number of aromatic nitrogens is 2. The molecule has 3 N–H and O–H groups in total. The van der Waals surface area contributed by atoms with Gasteiger partial charge in [-0.25, -0.2) is 22.9 Å². The lowest BCUT2D eigenvalue weighted by Crippen LogP contribution is -2.35. The highest BCUT2D eigenvalue weighted by Crippen LogP contribution is 2.28. The third-order valence-corrected chi connectivity index (χ3v) is 6.25. The maximum absolute atomic E-state index is 13.8. The molecule has 1 fully saturated rings. The van der Waals surface area contributed by atoms with Crippen LogP contribution < -0.4 is 15.5 Å². The van der Waals surface area contributed by atoms with Gasteiger partial charge in [0.05, 0.1) is 5.52 Å². The van der Waals surface area contributed by atoms with E-state index in [2.05, 4.69) is 20.6 Å². The lowest BCUT2D eigenvalue weighted by atomic mass is 9.86. The molecule has 1 saturated carbocycles. The molecule has 1 aliphatic rings. The van der Waals surface area contributed by atoms with E-state index in [0.717, 1.165) is 48.5 Å². The van der Waals surface area contributed by atoms with Gasteiger partial charge in [-0.3, -0.25) is 4.79 Å². The number of fused-ring (bicyclic) bond motifs is 1. The summed E-state index contributed by atoms with van der Waals surface area (Å²) in [6, 6.07) is 9.46. The predicted molar refractivity (Wildman–Crippen MR) is 136 cm³/mol. The first-order valence-electron chi connectivity index (χ1n) is 12.2. The molecule has 14 heteroatoms. The molecular weight excluding hydrogens is 544 g/mol. The van der Waals surface area contributed by atoms with Gasteiger partial charge in [-0.2, -0.15) is 18.2 Å². The minimum atomic E-state index is -5.08. The van der Waals surface area contributed by atoms with Crippen molar-refractivity contribution in [3.63, 3.8) is 0 Å². The number of hydrogen-bond donors (Lipinski definition) is 3. The van der Waals surface area contributed by atoms with Crippen molar-refractivity contribution in [1.29, 1.82) is 0 Å². The Kier molecular flexibility index (Phi) is 9.77. The van der Waals surface area contributed by atoms with Crippen molar-refractivity contribution in [2.24, 2.45) is 5.92 Å². The van der Waals surface area contributed by atoms with Crippen LogP contribution in [0.1, 0.15) is 36.0 Å². The number of carbonyl (C=O) groups excluding carboxylic acids is 1. The van der Waals surface area contributed by atoms with Gasteiger partial charge in [0.15, 0.2) is 11.6 Å². The van der Waals surface area contributed by atoms with E-state index >= 15 is 0 Å². The zero-order chi connectivity index (χ0) is 29.6. The maximum atomic E-state index is 13.8. The molecule has 40 heavy (non-hydrogen) atoms. The van der Waals surface area contributed by atoms with Crippen molar-refractivity contribution in [2.75, 3.05) is 30.9 Å². The van der Waals surface area contributed by atoms with Crippen LogP contribution in [0.4, 0.5) is 38.1 Å². The summed E-state index contributed by atoms with van der Waals surface area (Å²) in [6.07, 6.45) is -1.76. The molecule has 0 radical (unpaired) electrons. The summed E-state index contributed by atoms with van der Waals surface area (Å²) in [5.41, 5.74) is -0.0117. The number of carbonyl (C=O) groups is 2. The standard InChI is InChI=1S/C24H26F3N5O.C2HF3O2/c1-32(2)22-16-5-3-4-6-19(16)30-24(31-22)29-15-9-7-14(8-10-15)13-28-23(33)20-17(25)11-12-18(26)21(20)27;3-2(4,5)1(6)7/h3-6,11-12,14-15H,7-10,13H2,1-2H3,(H,28,33)(H,29,30,31);(H,6,7). The molecule has 0 atom stereocenters. The monoisotopic (exact) mass is 571 g/mol. The highest BCUT2D eigenvalue weighted by Gasteiger charge is 2.38. The van der Waals surface area contributed by atoms with E-state index in [0.29, 0.717) is 12.0 Å². The Morgan fingerprint density at radius 3 is 2.17 bits per heavy atom. The Morgan fingerprint density at radius 1 is 0.975 bits per heavy atom. The van der Waals surface area contributed by atoms with Gasteiger partial charge in [0.25, 0.3) is 5.91 Å². The lowest BCUT2D eigenvalue weighted by Gasteiger charge is -2.29. The van der Waals surface area contributed by atoms with Crippen molar-refractivity contribution in [1.82, 2.24) is 15.3 Å². The number of aliphatic carboxylic acids is 1. The molecule has 3 aromatic rings. The van der Waals surface area contributed by atoms with Crippen LogP contribution in [-0.4, -0.2) is 59.8 Å². The van der Waals surface area contributed by atoms with Crippen LogP contribution >= 0.6 is 0 Å². The molecule has 1 aromatic heterocycles. The molecule has 0 saturated heterocycles. The summed E-state index contributed by atoms with van der Waals surface area (Å²) in [5, 5.41) is 14.1. The van der Waals surface area contributed by atoms with Crippen LogP contribution in [0.3, 0.4) is 0 Å². The fraction of sp³-hybridized carbons (Fsp3) is 0.385. The van der Waals surface area contributed by atoms with E-state index in [1.807, 2.05) is 43.3 Å². The molecule has 2 aromatic carbocycles. The number of alkyl halides is 3. The molecule has 4 rings (SSSR count). The molecule has 0 aliphatic heterocycles. The van der Waals surface area contributed by atoms with E-state index in [4.69, 9.17) is 9.90 Å². The summed E-state index contributed by atoms with van der Waals surface area (Å²) in [4.78, 5) is 32.4. The number of carboxylic acids is 1. The molecule has 1 aliphatic carbocycles. The number of nitrogens with one attached hydrogen (secondary N) is 2. The summed E-state index contributed by atoms with van der Waals surface area (Å²) in [7, 11) is 3.89. The first kappa shape index (κ1) is 30.4. The molecule has 0 unspecified atom stereocenters. The summed E-state index contributed by atoms with van der Waals surface area (Å²) in [5.74, 6) is -5.90. The number of benzene rings is 2. The van der Waals surface area contributed by atoms with Crippen LogP contribution in [0.5, 0.6) is 0 Å². The van der Waals surface area contributed by atoms with Gasteiger partial charge in [0.1, 0.15) is 17.2 Å². The zero-order valence-corrected chi connectivity index (χ0v) is 21.5. The summed E-state index contributed by atoms with van der Waals surface area (Å²) < 4.78 is 72.7. The van der Waals surface area contributed by atoms with Gasteiger partial charge in [0, 0.05) is 32.1 Å². The molecule has 0 spiro atoms. The van der Waals surface area contributed by atoms with E-state index < -0.39 is 41.1 Å². The third-order valence-electron chi connectivity index (χ3n) is 6.25. The zero-order valence-electron chi connectivity index (χ0n) is 21.5. The van der Waals surface area contributed by atoms with E-state index in [9.17, 15) is 31.1 Å². The van der Waals surface area contributed by atoms with Crippen molar-refractivity contribution in [3.8, 4) is 0 Å². The maximum Gasteiger partial charge on any atom is 0.490 e. The Bertz CT molecular complexity index is 1360. The smallest absolute Gasteiger partial charge is 0.475 e. The molecule has 0 bridgehead atoms. The SMILES string of the molecule is CN(C)c1nc(NC2CCC(CNC(=O)c3c(F)ccc(F)c3F)CC2)nc2ccccc12.O=C(O)C(F)(F)F. The Labute approximate surface area is 225 Å². The van der Waals surface area contributed by atoms with Crippen LogP contribution in [-0.2, 0) is 4.79 Å². The first-order valence-corrected chi connectivity index (χ1v) is 12.2. The molecule has 1 amide bonds. The predicted octanol–water partition coefficient (Wildman–Crippen LogP) is 5.15. The number of carboxylic acid groups (broad SMARTS) is 1. The van der Waals surface area contributed by atoms with Crippen LogP contribution in [0.25, 0.3) is 10.9 Å².